The van der Waals surface area contributed by atoms with E-state index < -0.39 is 11.6 Å². The number of carboxylic acid groups (broad SMARTS) is 1. The predicted molar refractivity (Wildman–Crippen MR) is 126 cm³/mol. The highest BCUT2D eigenvalue weighted by Gasteiger charge is 2.44. The average molecular weight is 443 g/mol. The van der Waals surface area contributed by atoms with Crippen molar-refractivity contribution < 1.29 is 19.4 Å². The van der Waals surface area contributed by atoms with E-state index in [4.69, 9.17) is 9.84 Å². The number of piperidine rings is 1. The largest absolute Gasteiger partial charge is 0.478 e. The zero-order valence-corrected chi connectivity index (χ0v) is 19.9. The second-order valence-corrected chi connectivity index (χ2v) is 10.2. The van der Waals surface area contributed by atoms with Crippen LogP contribution >= 0.6 is 0 Å². The van der Waals surface area contributed by atoms with Gasteiger partial charge in [-0.1, -0.05) is 37.6 Å². The van der Waals surface area contributed by atoms with Crippen LogP contribution in [0.4, 0.5) is 4.79 Å². The molecule has 1 saturated heterocycles. The number of aliphatic carboxylic acids is 1. The van der Waals surface area contributed by atoms with Crippen molar-refractivity contribution in [1.29, 1.82) is 0 Å². The summed E-state index contributed by atoms with van der Waals surface area (Å²) in [6.07, 6.45) is 7.00. The number of nitrogens with zero attached hydrogens (tertiary/aromatic N) is 2. The van der Waals surface area contributed by atoms with E-state index in [1.165, 1.54) is 5.56 Å². The number of ether oxygens (including phenoxy) is 1. The smallest absolute Gasteiger partial charge is 0.410 e. The Morgan fingerprint density at radius 3 is 2.38 bits per heavy atom. The van der Waals surface area contributed by atoms with Crippen molar-refractivity contribution in [3.63, 3.8) is 0 Å². The number of carbonyl (C=O) groups excluding carboxylic acids is 1. The second kappa shape index (κ2) is 10.5. The Bertz CT molecular complexity index is 804. The van der Waals surface area contributed by atoms with Crippen molar-refractivity contribution in [3.05, 3.63) is 41.5 Å². The van der Waals surface area contributed by atoms with Gasteiger partial charge in [-0.2, -0.15) is 0 Å². The molecular weight excluding hydrogens is 404 g/mol. The third-order valence-corrected chi connectivity index (χ3v) is 6.40. The number of benzene rings is 1. The van der Waals surface area contributed by atoms with E-state index in [1.807, 2.05) is 37.8 Å². The lowest BCUT2D eigenvalue weighted by molar-refractivity contribution is -0.131. The van der Waals surface area contributed by atoms with Crippen LogP contribution in [-0.4, -0.2) is 58.2 Å². The van der Waals surface area contributed by atoms with E-state index in [2.05, 4.69) is 24.0 Å². The molecule has 0 bridgehead atoms. The van der Waals surface area contributed by atoms with E-state index in [9.17, 15) is 9.59 Å². The fourth-order valence-electron chi connectivity index (χ4n) is 4.48. The topological polar surface area (TPSA) is 70.1 Å². The first-order chi connectivity index (χ1) is 15.1. The van der Waals surface area contributed by atoms with Gasteiger partial charge in [0.2, 0.25) is 0 Å². The molecule has 176 valence electrons. The summed E-state index contributed by atoms with van der Waals surface area (Å²) in [6, 6.07) is 8.40. The van der Waals surface area contributed by atoms with Crippen molar-refractivity contribution in [2.24, 2.45) is 11.8 Å². The summed E-state index contributed by atoms with van der Waals surface area (Å²) in [5.41, 5.74) is 1.66. The first-order valence-corrected chi connectivity index (χ1v) is 11.9. The number of amides is 1. The molecule has 1 heterocycles. The van der Waals surface area contributed by atoms with Crippen molar-refractivity contribution in [2.75, 3.05) is 19.6 Å². The van der Waals surface area contributed by atoms with Crippen LogP contribution in [0.3, 0.4) is 0 Å². The lowest BCUT2D eigenvalue weighted by Crippen LogP contribution is -2.44. The molecular formula is C26H38N2O4. The third-order valence-electron chi connectivity index (χ3n) is 6.40. The number of hydrogen-bond donors (Lipinski definition) is 1. The van der Waals surface area contributed by atoms with Gasteiger partial charge in [0.25, 0.3) is 0 Å². The monoisotopic (exact) mass is 442 g/mol. The molecule has 1 amide bonds. The zero-order chi connectivity index (χ0) is 23.3. The molecule has 2 atom stereocenters. The van der Waals surface area contributed by atoms with E-state index >= 15 is 0 Å². The first kappa shape index (κ1) is 24.3. The van der Waals surface area contributed by atoms with E-state index in [0.717, 1.165) is 63.5 Å². The molecule has 6 nitrogen and oxygen atoms in total. The van der Waals surface area contributed by atoms with Crippen LogP contribution in [0.2, 0.25) is 0 Å². The van der Waals surface area contributed by atoms with Gasteiger partial charge in [0.05, 0.1) is 0 Å². The van der Waals surface area contributed by atoms with Crippen LogP contribution in [-0.2, 0) is 16.1 Å². The van der Waals surface area contributed by atoms with Crippen LogP contribution < -0.4 is 0 Å². The van der Waals surface area contributed by atoms with Gasteiger partial charge in [0.1, 0.15) is 5.60 Å². The Balaban J connectivity index is 1.49. The maximum atomic E-state index is 12.8. The molecule has 0 unspecified atom stereocenters. The lowest BCUT2D eigenvalue weighted by Gasteiger charge is -2.36. The van der Waals surface area contributed by atoms with Gasteiger partial charge in [-0.3, -0.25) is 4.90 Å². The van der Waals surface area contributed by atoms with Crippen LogP contribution in [0, 0.1) is 11.8 Å². The van der Waals surface area contributed by atoms with Gasteiger partial charge < -0.3 is 14.7 Å². The number of likely N-dealkylation sites (tertiary alicyclic amines) is 1. The van der Waals surface area contributed by atoms with Gasteiger partial charge >= 0.3 is 12.1 Å². The van der Waals surface area contributed by atoms with Gasteiger partial charge in [0.15, 0.2) is 0 Å². The Morgan fingerprint density at radius 1 is 1.19 bits per heavy atom. The Hall–Kier alpha value is -2.34. The van der Waals surface area contributed by atoms with E-state index in [-0.39, 0.29) is 6.09 Å². The normalized spacial score (nSPS) is 22.1. The van der Waals surface area contributed by atoms with Crippen molar-refractivity contribution >= 4 is 18.1 Å². The summed E-state index contributed by atoms with van der Waals surface area (Å²) in [5, 5.41) is 8.74. The molecule has 1 N–H and O–H groups in total. The van der Waals surface area contributed by atoms with Gasteiger partial charge in [-0.25, -0.2) is 9.59 Å². The quantitative estimate of drug-likeness (QED) is 0.572. The summed E-state index contributed by atoms with van der Waals surface area (Å²) in [5.74, 6) is 0.199. The van der Waals surface area contributed by atoms with Gasteiger partial charge in [0, 0.05) is 25.2 Å². The van der Waals surface area contributed by atoms with Crippen LogP contribution in [0.1, 0.15) is 64.5 Å². The molecule has 1 saturated carbocycles. The highest BCUT2D eigenvalue weighted by atomic mass is 16.6. The molecule has 1 aliphatic carbocycles. The maximum absolute atomic E-state index is 12.8. The Kier molecular flexibility index (Phi) is 7.99. The summed E-state index contributed by atoms with van der Waals surface area (Å²) in [7, 11) is 0. The summed E-state index contributed by atoms with van der Waals surface area (Å²) >= 11 is 0. The number of carboxylic acids is 1. The van der Waals surface area contributed by atoms with Crippen molar-refractivity contribution in [1.82, 2.24) is 9.80 Å². The molecule has 32 heavy (non-hydrogen) atoms. The van der Waals surface area contributed by atoms with Crippen molar-refractivity contribution in [3.8, 4) is 0 Å². The fourth-order valence-corrected chi connectivity index (χ4v) is 4.48. The fraction of sp³-hybridized carbons (Fsp3) is 0.615. The molecule has 1 aromatic rings. The molecule has 2 fully saturated rings. The van der Waals surface area contributed by atoms with Crippen LogP contribution in [0.5, 0.6) is 0 Å². The number of rotatable bonds is 8. The van der Waals surface area contributed by atoms with Crippen molar-refractivity contribution in [2.45, 2.75) is 71.6 Å². The summed E-state index contributed by atoms with van der Waals surface area (Å²) < 4.78 is 5.71. The molecule has 0 spiro atoms. The minimum atomic E-state index is -0.936. The minimum absolute atomic E-state index is 0.155. The predicted octanol–water partition coefficient (Wildman–Crippen LogP) is 5.03. The first-order valence-electron chi connectivity index (χ1n) is 11.9. The molecule has 1 aromatic carbocycles. The molecule has 0 radical (unpaired) electrons. The number of hydrogen-bond acceptors (Lipinski definition) is 4. The van der Waals surface area contributed by atoms with Gasteiger partial charge in [-0.15, -0.1) is 0 Å². The van der Waals surface area contributed by atoms with E-state index in [0.29, 0.717) is 17.9 Å². The highest BCUT2D eigenvalue weighted by Crippen LogP contribution is 2.40. The number of carbonyl (C=O) groups is 2. The Labute approximate surface area is 192 Å². The lowest BCUT2D eigenvalue weighted by atomic mass is 9.95. The highest BCUT2D eigenvalue weighted by molar-refractivity contribution is 5.85. The average Bonchev–Trinajstić information content (AvgIpc) is 3.51. The summed E-state index contributed by atoms with van der Waals surface area (Å²) in [4.78, 5) is 28.0. The molecule has 1 aliphatic heterocycles. The zero-order valence-electron chi connectivity index (χ0n) is 19.9. The SMILES string of the molecule is CC[C@@H]1C[C@H]1N(CC1CCN(Cc2ccc(/C=C/C(=O)O)cc2)CC1)C(=O)OC(C)(C)C. The van der Waals surface area contributed by atoms with E-state index in [1.54, 1.807) is 6.08 Å². The standard InChI is InChI=1S/C26H38N2O4/c1-5-22-16-23(22)28(25(31)32-26(2,3)4)18-21-12-14-27(15-13-21)17-20-8-6-19(7-9-20)10-11-24(29)30/h6-11,21-23H,5,12-18H2,1-4H3,(H,29,30)/b11-10+/t22-,23-/m1/s1. The van der Waals surface area contributed by atoms with Gasteiger partial charge in [-0.05, 0) is 82.2 Å². The van der Waals surface area contributed by atoms with Crippen LogP contribution in [0.15, 0.2) is 30.3 Å². The van der Waals surface area contributed by atoms with Crippen LogP contribution in [0.25, 0.3) is 6.08 Å². The molecule has 0 aromatic heterocycles. The summed E-state index contributed by atoms with van der Waals surface area (Å²) in [6.45, 7) is 11.7. The molecule has 2 aliphatic rings. The molecule has 6 heteroatoms. The minimum Gasteiger partial charge on any atom is -0.478 e. The second-order valence-electron chi connectivity index (χ2n) is 10.2. The third kappa shape index (κ3) is 7.37. The molecule has 3 rings (SSSR count). The Morgan fingerprint density at radius 2 is 1.84 bits per heavy atom. The maximum Gasteiger partial charge on any atom is 0.410 e.